The number of anilines is 1. The molecule has 0 radical (unpaired) electrons. The van der Waals surface area contributed by atoms with Crippen LogP contribution in [0.5, 0.6) is 5.75 Å². The largest absolute Gasteiger partial charge is 2.00 e. The van der Waals surface area contributed by atoms with Crippen LogP contribution in [0, 0.1) is 5.82 Å². The molecule has 8 nitrogen and oxygen atoms in total. The maximum absolute atomic E-state index is 14.0. The Hall–Kier alpha value is -3.21. The molecule has 3 N–H and O–H groups in total. The van der Waals surface area contributed by atoms with E-state index in [1.807, 2.05) is 48.7 Å². The normalized spacial score (nSPS) is 12.4. The number of amides is 1. The molecule has 0 aliphatic heterocycles. The first-order valence-electron chi connectivity index (χ1n) is 13.8. The third kappa shape index (κ3) is 8.68. The molecule has 2 atom stereocenters. The second-order valence-corrected chi connectivity index (χ2v) is 10.5. The van der Waals surface area contributed by atoms with E-state index in [9.17, 15) is 34.4 Å². The number of halogens is 1. The first-order valence-corrected chi connectivity index (χ1v) is 13.8. The van der Waals surface area contributed by atoms with Gasteiger partial charge in [0, 0.05) is 35.9 Å². The standard InChI is InChI=1S/C33H35FN2O6.Ca/c1-20(2)31-30(33(42)35-24-12-14-25(37)15-13-24)29(21-6-4-3-5-7-21)32(22-8-10-23(34)11-9-22)36(31)17-16-26(38)18-27(39)19-28(40)41;/h3-15,20,26-27,37-39H,16-19H2,1-2H3,(H,35,42)(H,40,41);/q;+2/p-2/t26-,27-;/m1./s1. The van der Waals surface area contributed by atoms with Crippen LogP contribution in [-0.2, 0) is 11.3 Å². The molecule has 3 aromatic carbocycles. The Morgan fingerprint density at radius 2 is 1.53 bits per heavy atom. The molecule has 4 aromatic rings. The minimum absolute atomic E-state index is 0. The van der Waals surface area contributed by atoms with Gasteiger partial charge in [-0.3, -0.25) is 4.79 Å². The van der Waals surface area contributed by atoms with Crippen molar-refractivity contribution >= 4 is 55.3 Å². The van der Waals surface area contributed by atoms with Crippen LogP contribution >= 0.6 is 0 Å². The van der Waals surface area contributed by atoms with Gasteiger partial charge in [0.25, 0.3) is 5.91 Å². The van der Waals surface area contributed by atoms with Crippen molar-refractivity contribution in [3.05, 3.63) is 95.9 Å². The van der Waals surface area contributed by atoms with E-state index >= 15 is 0 Å². The van der Waals surface area contributed by atoms with Gasteiger partial charge < -0.3 is 35.1 Å². The number of hydrogen-bond acceptors (Lipinski definition) is 6. The smallest absolute Gasteiger partial charge is 0.872 e. The summed E-state index contributed by atoms with van der Waals surface area (Å²) in [5, 5.41) is 46.1. The number of aliphatic hydroxyl groups is 2. The van der Waals surface area contributed by atoms with Gasteiger partial charge >= 0.3 is 37.7 Å². The van der Waals surface area contributed by atoms with Crippen molar-refractivity contribution in [2.45, 2.75) is 57.8 Å². The van der Waals surface area contributed by atoms with Crippen LogP contribution in [0.3, 0.4) is 0 Å². The summed E-state index contributed by atoms with van der Waals surface area (Å²) in [7, 11) is 0. The van der Waals surface area contributed by atoms with Crippen molar-refractivity contribution in [1.82, 2.24) is 4.57 Å². The molecule has 1 aromatic heterocycles. The van der Waals surface area contributed by atoms with Gasteiger partial charge in [-0.1, -0.05) is 56.3 Å². The average Bonchev–Trinajstić information content (AvgIpc) is 3.29. The predicted molar refractivity (Wildman–Crippen MR) is 160 cm³/mol. The van der Waals surface area contributed by atoms with Gasteiger partial charge in [-0.25, -0.2) is 4.39 Å². The Morgan fingerprint density at radius 3 is 2.12 bits per heavy atom. The minimum Gasteiger partial charge on any atom is -0.872 e. The first kappa shape index (κ1) is 34.3. The van der Waals surface area contributed by atoms with E-state index in [2.05, 4.69) is 5.32 Å². The van der Waals surface area contributed by atoms with E-state index in [1.54, 1.807) is 12.1 Å². The average molecular weight is 613 g/mol. The molecule has 220 valence electrons. The Balaban J connectivity index is 0.00000506. The van der Waals surface area contributed by atoms with E-state index in [-0.39, 0.29) is 68.8 Å². The Bertz CT molecular complexity index is 1520. The molecule has 0 saturated carbocycles. The van der Waals surface area contributed by atoms with Crippen LogP contribution < -0.4 is 15.5 Å². The van der Waals surface area contributed by atoms with Crippen molar-refractivity contribution < 1.29 is 34.4 Å². The van der Waals surface area contributed by atoms with Crippen LogP contribution in [-0.4, -0.2) is 76.6 Å². The molecule has 0 unspecified atom stereocenters. The van der Waals surface area contributed by atoms with E-state index in [4.69, 9.17) is 0 Å². The van der Waals surface area contributed by atoms with Gasteiger partial charge in [0.05, 0.1) is 23.5 Å². The van der Waals surface area contributed by atoms with Gasteiger partial charge in [-0.05, 0) is 66.3 Å². The number of benzene rings is 3. The fraction of sp³-hybridized carbons (Fsp3) is 0.273. The van der Waals surface area contributed by atoms with Crippen LogP contribution in [0.2, 0.25) is 0 Å². The number of carbonyl (C=O) groups excluding carboxylic acids is 2. The van der Waals surface area contributed by atoms with Crippen molar-refractivity contribution in [1.29, 1.82) is 0 Å². The fourth-order valence-corrected chi connectivity index (χ4v) is 5.21. The Labute approximate surface area is 279 Å². The number of hydrogen-bond donors (Lipinski definition) is 3. The van der Waals surface area contributed by atoms with Crippen LogP contribution in [0.4, 0.5) is 10.1 Å². The second-order valence-electron chi connectivity index (χ2n) is 10.5. The number of aliphatic carboxylic acids is 1. The second kappa shape index (κ2) is 15.5. The first-order chi connectivity index (χ1) is 20.0. The monoisotopic (exact) mass is 612 g/mol. The number of nitrogens with one attached hydrogen (secondary N) is 1. The quantitative estimate of drug-likeness (QED) is 0.209. The number of aliphatic hydroxyl groups excluding tert-OH is 2. The molecule has 0 fully saturated rings. The minimum atomic E-state index is -1.41. The number of carboxylic acids is 1. The molecule has 1 amide bonds. The molecule has 0 saturated heterocycles. The Kier molecular flexibility index (Phi) is 12.4. The van der Waals surface area contributed by atoms with Gasteiger partial charge in [-0.15, -0.1) is 5.75 Å². The number of carbonyl (C=O) groups is 2. The molecule has 10 heteroatoms. The zero-order valence-electron chi connectivity index (χ0n) is 24.1. The van der Waals surface area contributed by atoms with Crippen LogP contribution in [0.15, 0.2) is 78.9 Å². The summed E-state index contributed by atoms with van der Waals surface area (Å²) < 4.78 is 15.9. The molecule has 0 aliphatic rings. The third-order valence-corrected chi connectivity index (χ3v) is 7.00. The van der Waals surface area contributed by atoms with E-state index in [0.717, 1.165) is 5.56 Å². The number of aromatic nitrogens is 1. The summed E-state index contributed by atoms with van der Waals surface area (Å²) in [6.45, 7) is 4.10. The maximum atomic E-state index is 14.0. The maximum Gasteiger partial charge on any atom is 2.00 e. The summed E-state index contributed by atoms with van der Waals surface area (Å²) in [4.78, 5) is 24.9. The van der Waals surface area contributed by atoms with Crippen LogP contribution in [0.25, 0.3) is 22.4 Å². The fourth-order valence-electron chi connectivity index (χ4n) is 5.21. The molecule has 4 rings (SSSR count). The zero-order valence-corrected chi connectivity index (χ0v) is 26.3. The van der Waals surface area contributed by atoms with Gasteiger partial charge in [0.15, 0.2) is 0 Å². The Morgan fingerprint density at radius 1 is 0.907 bits per heavy atom. The predicted octanol–water partition coefficient (Wildman–Crippen LogP) is 3.67. The number of nitrogens with zero attached hydrogens (tertiary/aromatic N) is 1. The van der Waals surface area contributed by atoms with Crippen molar-refractivity contribution in [2.24, 2.45) is 0 Å². The summed E-state index contributed by atoms with van der Waals surface area (Å²) in [6, 6.07) is 21.1. The third-order valence-electron chi connectivity index (χ3n) is 7.00. The molecule has 0 spiro atoms. The SMILES string of the molecule is CC(C)c1c(C(=O)Nc2ccc([O-])cc2)c(-c2ccccc2)c(-c2ccc(F)cc2)n1CC[C@@H](O)C[C@@H](O)CC(=O)[O-].[Ca+2]. The summed E-state index contributed by atoms with van der Waals surface area (Å²) in [6.07, 6.45) is -2.91. The van der Waals surface area contributed by atoms with Crippen molar-refractivity contribution in [3.8, 4) is 28.1 Å². The van der Waals surface area contributed by atoms with Crippen LogP contribution in [0.1, 0.15) is 55.1 Å². The van der Waals surface area contributed by atoms with Gasteiger partial charge in [0.2, 0.25) is 0 Å². The summed E-state index contributed by atoms with van der Waals surface area (Å²) >= 11 is 0. The molecule has 0 bridgehead atoms. The van der Waals surface area contributed by atoms with Crippen molar-refractivity contribution in [2.75, 3.05) is 5.32 Å². The van der Waals surface area contributed by atoms with Gasteiger partial charge in [-0.2, -0.15) is 0 Å². The number of rotatable bonds is 12. The molecular weight excluding hydrogens is 579 g/mol. The van der Waals surface area contributed by atoms with E-state index < -0.39 is 36.3 Å². The van der Waals surface area contributed by atoms with E-state index in [0.29, 0.717) is 33.8 Å². The number of carboxylic acid groups (broad SMARTS) is 1. The topological polar surface area (TPSA) is 138 Å². The zero-order chi connectivity index (χ0) is 30.4. The van der Waals surface area contributed by atoms with Gasteiger partial charge in [0.1, 0.15) is 5.82 Å². The molecule has 43 heavy (non-hydrogen) atoms. The summed E-state index contributed by atoms with van der Waals surface area (Å²) in [5.74, 6) is -2.59. The summed E-state index contributed by atoms with van der Waals surface area (Å²) in [5.41, 5.74) is 4.19. The molecule has 0 aliphatic carbocycles. The van der Waals surface area contributed by atoms with E-state index in [1.165, 1.54) is 36.4 Å². The molecular formula is C33H33CaFN2O6. The molecule has 1 heterocycles. The van der Waals surface area contributed by atoms with Crippen molar-refractivity contribution in [3.63, 3.8) is 0 Å².